The number of rotatable bonds is 5. The Kier molecular flexibility index (Phi) is 5.33. The second-order valence-corrected chi connectivity index (χ2v) is 9.66. The van der Waals surface area contributed by atoms with E-state index in [1.54, 1.807) is 17.7 Å². The van der Waals surface area contributed by atoms with Gasteiger partial charge >= 0.3 is 0 Å². The minimum atomic E-state index is 0.251. The second kappa shape index (κ2) is 8.07. The van der Waals surface area contributed by atoms with E-state index >= 15 is 0 Å². The number of nitrogens with zero attached hydrogens (tertiary/aromatic N) is 3. The summed E-state index contributed by atoms with van der Waals surface area (Å²) in [6.45, 7) is 2.56. The number of thiophene rings is 1. The van der Waals surface area contributed by atoms with Crippen LogP contribution in [0.3, 0.4) is 0 Å². The number of fused-ring (bicyclic) bond motifs is 3. The molecular weight excluding hydrogens is 370 g/mol. The van der Waals surface area contributed by atoms with E-state index in [9.17, 15) is 4.79 Å². The van der Waals surface area contributed by atoms with Crippen molar-refractivity contribution in [2.75, 3.05) is 13.1 Å². The Hall–Kier alpha value is -1.53. The first-order valence-electron chi connectivity index (χ1n) is 10.9. The first-order valence-corrected chi connectivity index (χ1v) is 11.8. The molecule has 3 heterocycles. The molecule has 150 valence electrons. The molecule has 2 aromatic rings. The maximum atomic E-state index is 11.1. The van der Waals surface area contributed by atoms with E-state index in [-0.39, 0.29) is 6.10 Å². The highest BCUT2D eigenvalue weighted by atomic mass is 32.1. The van der Waals surface area contributed by atoms with E-state index in [0.29, 0.717) is 12.3 Å². The van der Waals surface area contributed by atoms with Gasteiger partial charge in [-0.25, -0.2) is 9.97 Å². The van der Waals surface area contributed by atoms with Crippen molar-refractivity contribution in [3.05, 3.63) is 16.8 Å². The minimum absolute atomic E-state index is 0.251. The molecule has 0 N–H and O–H groups in total. The Morgan fingerprint density at radius 3 is 2.71 bits per heavy atom. The summed E-state index contributed by atoms with van der Waals surface area (Å²) in [5, 5.41) is 1.09. The van der Waals surface area contributed by atoms with E-state index in [1.807, 2.05) is 0 Å². The molecule has 0 spiro atoms. The summed E-state index contributed by atoms with van der Waals surface area (Å²) in [5.41, 5.74) is 1.30. The molecule has 0 aromatic carbocycles. The van der Waals surface area contributed by atoms with Crippen LogP contribution < -0.4 is 4.74 Å². The second-order valence-electron chi connectivity index (χ2n) is 8.58. The quantitative estimate of drug-likeness (QED) is 0.694. The molecule has 0 unspecified atom stereocenters. The van der Waals surface area contributed by atoms with Gasteiger partial charge in [0, 0.05) is 17.3 Å². The van der Waals surface area contributed by atoms with Crippen LogP contribution in [0.15, 0.2) is 6.33 Å². The molecule has 1 saturated carbocycles. The van der Waals surface area contributed by atoms with E-state index in [1.165, 1.54) is 55.6 Å². The summed E-state index contributed by atoms with van der Waals surface area (Å²) >= 11 is 1.76. The largest absolute Gasteiger partial charge is 0.474 e. The number of likely N-dealkylation sites (tertiary alicyclic amines) is 1. The van der Waals surface area contributed by atoms with Crippen molar-refractivity contribution in [1.29, 1.82) is 0 Å². The maximum Gasteiger partial charge on any atom is 0.225 e. The van der Waals surface area contributed by atoms with Crippen LogP contribution in [0.5, 0.6) is 5.88 Å². The zero-order chi connectivity index (χ0) is 18.9. The van der Waals surface area contributed by atoms with Crippen molar-refractivity contribution < 1.29 is 9.53 Å². The van der Waals surface area contributed by atoms with Gasteiger partial charge in [0.15, 0.2) is 0 Å². The van der Waals surface area contributed by atoms with Gasteiger partial charge in [-0.1, -0.05) is 6.42 Å². The SMILES string of the molecule is O=CC[C@H]1CCc2sc3ncnc(O[C@H]4CC[C@H](N5CCCCC5)CC4)c3c21. The monoisotopic (exact) mass is 399 g/mol. The fourth-order valence-corrected chi connectivity index (χ4v) is 6.68. The van der Waals surface area contributed by atoms with Crippen molar-refractivity contribution in [1.82, 2.24) is 14.9 Å². The molecule has 0 radical (unpaired) electrons. The number of aromatic nitrogens is 2. The van der Waals surface area contributed by atoms with Gasteiger partial charge in [-0.3, -0.25) is 0 Å². The number of aryl methyl sites for hydroxylation is 1. The standard InChI is InChI=1S/C22H29N3O2S/c26-13-10-15-4-9-18-19(15)20-21(23-14-24-22(20)28-18)27-17-7-5-16(6-8-17)25-11-2-1-3-12-25/h13-17H,1-12H2/t15-,16-,17-/m1/s1. The molecule has 2 aliphatic carbocycles. The topological polar surface area (TPSA) is 55.3 Å². The summed E-state index contributed by atoms with van der Waals surface area (Å²) in [7, 11) is 0. The first-order chi connectivity index (χ1) is 13.8. The molecular formula is C22H29N3O2S. The summed E-state index contributed by atoms with van der Waals surface area (Å²) in [4.78, 5) is 25.3. The van der Waals surface area contributed by atoms with Gasteiger partial charge in [0.1, 0.15) is 23.5 Å². The van der Waals surface area contributed by atoms with E-state index in [0.717, 1.165) is 54.1 Å². The van der Waals surface area contributed by atoms with Gasteiger partial charge in [0.25, 0.3) is 0 Å². The minimum Gasteiger partial charge on any atom is -0.474 e. The smallest absolute Gasteiger partial charge is 0.225 e. The van der Waals surface area contributed by atoms with Crippen molar-refractivity contribution in [3.63, 3.8) is 0 Å². The molecule has 1 saturated heterocycles. The Morgan fingerprint density at radius 1 is 1.11 bits per heavy atom. The zero-order valence-electron chi connectivity index (χ0n) is 16.4. The van der Waals surface area contributed by atoms with Crippen LogP contribution in [0.4, 0.5) is 0 Å². The molecule has 5 nitrogen and oxygen atoms in total. The average molecular weight is 400 g/mol. The fraction of sp³-hybridized carbons (Fsp3) is 0.682. The number of carbonyl (C=O) groups is 1. The van der Waals surface area contributed by atoms with Crippen LogP contribution in [0, 0.1) is 0 Å². The number of ether oxygens (including phenoxy) is 1. The van der Waals surface area contributed by atoms with Crippen LogP contribution in [-0.4, -0.2) is 46.4 Å². The van der Waals surface area contributed by atoms with Gasteiger partial charge in [-0.2, -0.15) is 0 Å². The number of aldehydes is 1. The molecule has 5 rings (SSSR count). The lowest BCUT2D eigenvalue weighted by atomic mass is 9.90. The van der Waals surface area contributed by atoms with Crippen molar-refractivity contribution >= 4 is 27.8 Å². The Bertz CT molecular complexity index is 838. The van der Waals surface area contributed by atoms with Gasteiger partial charge in [-0.15, -0.1) is 11.3 Å². The maximum absolute atomic E-state index is 11.1. The lowest BCUT2D eigenvalue weighted by molar-refractivity contribution is -0.108. The predicted molar refractivity (Wildman–Crippen MR) is 111 cm³/mol. The van der Waals surface area contributed by atoms with Gasteiger partial charge in [0.2, 0.25) is 5.88 Å². The molecule has 6 heteroatoms. The highest BCUT2D eigenvalue weighted by molar-refractivity contribution is 7.19. The molecule has 1 atom stereocenters. The zero-order valence-corrected chi connectivity index (χ0v) is 17.3. The summed E-state index contributed by atoms with van der Waals surface area (Å²) in [6.07, 6.45) is 14.4. The van der Waals surface area contributed by atoms with Crippen LogP contribution in [0.25, 0.3) is 10.2 Å². The summed E-state index contributed by atoms with van der Waals surface area (Å²) < 4.78 is 6.46. The Labute approximate surface area is 170 Å². The number of hydrogen-bond donors (Lipinski definition) is 0. The Morgan fingerprint density at radius 2 is 1.93 bits per heavy atom. The molecule has 0 bridgehead atoms. The van der Waals surface area contributed by atoms with E-state index in [4.69, 9.17) is 4.74 Å². The summed E-state index contributed by atoms with van der Waals surface area (Å²) in [5.74, 6) is 1.06. The van der Waals surface area contributed by atoms with Crippen LogP contribution in [-0.2, 0) is 11.2 Å². The van der Waals surface area contributed by atoms with Gasteiger partial charge in [-0.05, 0) is 75.9 Å². The molecule has 0 amide bonds. The first kappa shape index (κ1) is 18.5. The molecule has 28 heavy (non-hydrogen) atoms. The third-order valence-corrected chi connectivity index (χ3v) is 8.08. The van der Waals surface area contributed by atoms with Crippen molar-refractivity contribution in [2.24, 2.45) is 0 Å². The van der Waals surface area contributed by atoms with E-state index in [2.05, 4.69) is 14.9 Å². The number of piperidine rings is 1. The lowest BCUT2D eigenvalue weighted by Gasteiger charge is -2.38. The highest BCUT2D eigenvalue weighted by Gasteiger charge is 2.32. The molecule has 1 aliphatic heterocycles. The predicted octanol–water partition coefficient (Wildman–Crippen LogP) is 4.49. The van der Waals surface area contributed by atoms with Gasteiger partial charge in [0.05, 0.1) is 5.39 Å². The van der Waals surface area contributed by atoms with Crippen LogP contribution >= 0.6 is 11.3 Å². The third-order valence-electron chi connectivity index (χ3n) is 6.91. The van der Waals surface area contributed by atoms with Crippen LogP contribution in [0.2, 0.25) is 0 Å². The fourth-order valence-electron chi connectivity index (χ4n) is 5.45. The van der Waals surface area contributed by atoms with Gasteiger partial charge < -0.3 is 14.4 Å². The average Bonchev–Trinajstić information content (AvgIpc) is 3.30. The number of hydrogen-bond acceptors (Lipinski definition) is 6. The van der Waals surface area contributed by atoms with Crippen molar-refractivity contribution in [2.45, 2.75) is 82.3 Å². The third kappa shape index (κ3) is 3.45. The van der Waals surface area contributed by atoms with Crippen molar-refractivity contribution in [3.8, 4) is 5.88 Å². The normalized spacial score (nSPS) is 28.4. The molecule has 2 aromatic heterocycles. The lowest BCUT2D eigenvalue weighted by Crippen LogP contribution is -2.42. The molecule has 2 fully saturated rings. The molecule has 3 aliphatic rings. The highest BCUT2D eigenvalue weighted by Crippen LogP contribution is 2.47. The summed E-state index contributed by atoms with van der Waals surface area (Å²) in [6, 6.07) is 0.743. The Balaban J connectivity index is 1.31. The number of carbonyl (C=O) groups excluding carboxylic acids is 1. The van der Waals surface area contributed by atoms with E-state index < -0.39 is 0 Å². The van der Waals surface area contributed by atoms with Crippen LogP contribution in [0.1, 0.15) is 74.1 Å².